The molecule has 26 heavy (non-hydrogen) atoms. The third-order valence-electron chi connectivity index (χ3n) is 4.45. The minimum Gasteiger partial charge on any atom is -0.379 e. The molecule has 1 amide bonds. The first kappa shape index (κ1) is 18.0. The smallest absolute Gasteiger partial charge is 0.274 e. The van der Waals surface area contributed by atoms with Crippen LogP contribution >= 0.6 is 0 Å². The molecule has 0 aromatic heterocycles. The second kappa shape index (κ2) is 8.07. The molecular formula is C19H21N3O4. The summed E-state index contributed by atoms with van der Waals surface area (Å²) in [7, 11) is 0. The number of benzene rings is 2. The molecule has 0 spiro atoms. The molecule has 1 aliphatic rings. The van der Waals surface area contributed by atoms with Gasteiger partial charge in [0.05, 0.1) is 29.4 Å². The number of nitro benzene ring substituents is 1. The summed E-state index contributed by atoms with van der Waals surface area (Å²) in [4.78, 5) is 25.5. The van der Waals surface area contributed by atoms with Crippen molar-refractivity contribution in [3.8, 4) is 0 Å². The molecule has 3 rings (SSSR count). The lowest BCUT2D eigenvalue weighted by atomic mass is 10.1. The number of hydrogen-bond acceptors (Lipinski definition) is 5. The Kier molecular flexibility index (Phi) is 5.60. The summed E-state index contributed by atoms with van der Waals surface area (Å²) in [5.74, 6) is -0.280. The zero-order chi connectivity index (χ0) is 18.5. The molecule has 7 heteroatoms. The molecule has 0 aliphatic carbocycles. The summed E-state index contributed by atoms with van der Waals surface area (Å²) in [6.07, 6.45) is 0. The topological polar surface area (TPSA) is 84.7 Å². The number of rotatable bonds is 5. The summed E-state index contributed by atoms with van der Waals surface area (Å²) in [5, 5.41) is 13.8. The van der Waals surface area contributed by atoms with Gasteiger partial charge in [0.1, 0.15) is 0 Å². The maximum Gasteiger partial charge on any atom is 0.274 e. The Labute approximate surface area is 151 Å². The Bertz CT molecular complexity index is 816. The van der Waals surface area contributed by atoms with Crippen LogP contribution in [-0.2, 0) is 11.3 Å². The lowest BCUT2D eigenvalue weighted by Crippen LogP contribution is -2.35. The van der Waals surface area contributed by atoms with E-state index in [0.29, 0.717) is 16.8 Å². The maximum absolute atomic E-state index is 12.6. The van der Waals surface area contributed by atoms with Crippen molar-refractivity contribution in [1.29, 1.82) is 0 Å². The number of anilines is 1. The second-order valence-corrected chi connectivity index (χ2v) is 6.25. The standard InChI is InChI=1S/C19H21N3O4/c1-14-17(6-3-7-18(14)22(24)25)20-19(23)16-5-2-4-15(12-16)13-21-8-10-26-11-9-21/h2-7,12H,8-11,13H2,1H3,(H,20,23). The van der Waals surface area contributed by atoms with E-state index in [9.17, 15) is 14.9 Å². The van der Waals surface area contributed by atoms with Crippen LogP contribution in [-0.4, -0.2) is 42.0 Å². The van der Waals surface area contributed by atoms with Gasteiger partial charge < -0.3 is 10.1 Å². The van der Waals surface area contributed by atoms with Crippen LogP contribution in [0.5, 0.6) is 0 Å². The lowest BCUT2D eigenvalue weighted by Gasteiger charge is -2.26. The van der Waals surface area contributed by atoms with Crippen LogP contribution in [0.4, 0.5) is 11.4 Å². The highest BCUT2D eigenvalue weighted by Gasteiger charge is 2.16. The van der Waals surface area contributed by atoms with Gasteiger partial charge in [0.15, 0.2) is 0 Å². The van der Waals surface area contributed by atoms with Crippen LogP contribution in [0, 0.1) is 17.0 Å². The Morgan fingerprint density at radius 1 is 1.23 bits per heavy atom. The Hall–Kier alpha value is -2.77. The number of carbonyl (C=O) groups excluding carboxylic acids is 1. The van der Waals surface area contributed by atoms with Crippen LogP contribution in [0.3, 0.4) is 0 Å². The number of nitrogens with zero attached hydrogens (tertiary/aromatic N) is 2. The summed E-state index contributed by atoms with van der Waals surface area (Å²) >= 11 is 0. The van der Waals surface area contributed by atoms with Crippen molar-refractivity contribution in [3.05, 3.63) is 69.3 Å². The summed E-state index contributed by atoms with van der Waals surface area (Å²) < 4.78 is 5.35. The van der Waals surface area contributed by atoms with E-state index in [4.69, 9.17) is 4.74 Å². The largest absolute Gasteiger partial charge is 0.379 e. The van der Waals surface area contributed by atoms with Crippen LogP contribution in [0.2, 0.25) is 0 Å². The van der Waals surface area contributed by atoms with Crippen LogP contribution in [0.1, 0.15) is 21.5 Å². The molecule has 2 aromatic carbocycles. The third-order valence-corrected chi connectivity index (χ3v) is 4.45. The van der Waals surface area contributed by atoms with Crippen molar-refractivity contribution < 1.29 is 14.5 Å². The summed E-state index contributed by atoms with van der Waals surface area (Å²) in [6.45, 7) is 5.61. The number of nitrogens with one attached hydrogen (secondary N) is 1. The van der Waals surface area contributed by atoms with Gasteiger partial charge in [-0.25, -0.2) is 0 Å². The molecule has 7 nitrogen and oxygen atoms in total. The van der Waals surface area contributed by atoms with E-state index in [-0.39, 0.29) is 11.6 Å². The molecule has 0 saturated carbocycles. The predicted molar refractivity (Wildman–Crippen MR) is 98.3 cm³/mol. The number of nitro groups is 1. The van der Waals surface area contributed by atoms with Gasteiger partial charge in [0.25, 0.3) is 11.6 Å². The molecule has 2 aromatic rings. The fourth-order valence-electron chi connectivity index (χ4n) is 2.98. The van der Waals surface area contributed by atoms with Gasteiger partial charge >= 0.3 is 0 Å². The van der Waals surface area contributed by atoms with E-state index in [2.05, 4.69) is 10.2 Å². The fraction of sp³-hybridized carbons (Fsp3) is 0.316. The quantitative estimate of drug-likeness (QED) is 0.658. The van der Waals surface area contributed by atoms with Gasteiger partial charge in [-0.2, -0.15) is 0 Å². The second-order valence-electron chi connectivity index (χ2n) is 6.25. The van der Waals surface area contributed by atoms with E-state index < -0.39 is 4.92 Å². The SMILES string of the molecule is Cc1c(NC(=O)c2cccc(CN3CCOCC3)c2)cccc1[N+](=O)[O-]. The minimum absolute atomic E-state index is 0.0103. The first-order chi connectivity index (χ1) is 12.5. The maximum atomic E-state index is 12.6. The first-order valence-corrected chi connectivity index (χ1v) is 8.49. The van der Waals surface area contributed by atoms with Crippen LogP contribution in [0.15, 0.2) is 42.5 Å². The third kappa shape index (κ3) is 4.25. The number of carbonyl (C=O) groups is 1. The number of amides is 1. The number of hydrogen-bond donors (Lipinski definition) is 1. The fourth-order valence-corrected chi connectivity index (χ4v) is 2.98. The van der Waals surface area contributed by atoms with E-state index >= 15 is 0 Å². The highest BCUT2D eigenvalue weighted by atomic mass is 16.6. The summed E-state index contributed by atoms with van der Waals surface area (Å²) in [6, 6.07) is 12.1. The highest BCUT2D eigenvalue weighted by Crippen LogP contribution is 2.25. The van der Waals surface area contributed by atoms with Crippen molar-refractivity contribution in [2.45, 2.75) is 13.5 Å². The number of ether oxygens (including phenoxy) is 1. The summed E-state index contributed by atoms with van der Waals surface area (Å²) in [5.41, 5.74) is 2.46. The monoisotopic (exact) mass is 355 g/mol. The molecule has 136 valence electrons. The molecule has 1 N–H and O–H groups in total. The van der Waals surface area contributed by atoms with Gasteiger partial charge in [-0.3, -0.25) is 19.8 Å². The average molecular weight is 355 g/mol. The van der Waals surface area contributed by atoms with E-state index in [1.165, 1.54) is 6.07 Å². The van der Waals surface area contributed by atoms with Gasteiger partial charge in [-0.05, 0) is 30.7 Å². The minimum atomic E-state index is -0.450. The normalized spacial score (nSPS) is 14.8. The average Bonchev–Trinajstić information content (AvgIpc) is 2.64. The number of morpholine rings is 1. The lowest BCUT2D eigenvalue weighted by molar-refractivity contribution is -0.385. The Morgan fingerprint density at radius 3 is 2.69 bits per heavy atom. The molecule has 0 radical (unpaired) electrons. The molecule has 1 fully saturated rings. The van der Waals surface area contributed by atoms with E-state index in [0.717, 1.165) is 38.4 Å². The Balaban J connectivity index is 1.73. The van der Waals surface area contributed by atoms with E-state index in [1.807, 2.05) is 18.2 Å². The van der Waals surface area contributed by atoms with Gasteiger partial charge in [0.2, 0.25) is 0 Å². The van der Waals surface area contributed by atoms with E-state index in [1.54, 1.807) is 25.1 Å². The molecule has 0 bridgehead atoms. The molecule has 1 saturated heterocycles. The first-order valence-electron chi connectivity index (χ1n) is 8.49. The van der Waals surface area contributed by atoms with Gasteiger partial charge in [-0.15, -0.1) is 0 Å². The predicted octanol–water partition coefficient (Wildman–Crippen LogP) is 2.99. The van der Waals surface area contributed by atoms with Gasteiger partial charge in [0, 0.05) is 31.3 Å². The molecule has 1 aliphatic heterocycles. The highest BCUT2D eigenvalue weighted by molar-refractivity contribution is 6.05. The Morgan fingerprint density at radius 2 is 1.96 bits per heavy atom. The molecule has 1 heterocycles. The van der Waals surface area contributed by atoms with Crippen molar-refractivity contribution in [2.24, 2.45) is 0 Å². The molecular weight excluding hydrogens is 334 g/mol. The van der Waals surface area contributed by atoms with Crippen molar-refractivity contribution in [1.82, 2.24) is 4.90 Å². The van der Waals surface area contributed by atoms with Crippen LogP contribution < -0.4 is 5.32 Å². The zero-order valence-corrected chi connectivity index (χ0v) is 14.6. The molecule has 0 atom stereocenters. The van der Waals surface area contributed by atoms with Gasteiger partial charge in [-0.1, -0.05) is 18.2 Å². The van der Waals surface area contributed by atoms with Crippen molar-refractivity contribution >= 4 is 17.3 Å². The molecule has 0 unspecified atom stereocenters. The van der Waals surface area contributed by atoms with Crippen molar-refractivity contribution in [3.63, 3.8) is 0 Å². The zero-order valence-electron chi connectivity index (χ0n) is 14.6. The van der Waals surface area contributed by atoms with Crippen LogP contribution in [0.25, 0.3) is 0 Å². The van der Waals surface area contributed by atoms with Crippen molar-refractivity contribution in [2.75, 3.05) is 31.6 Å².